The van der Waals surface area contributed by atoms with Gasteiger partial charge in [-0.1, -0.05) is 0 Å². The molecule has 0 fully saturated rings. The first-order chi connectivity index (χ1) is 9.78. The predicted molar refractivity (Wildman–Crippen MR) is 81.2 cm³/mol. The topological polar surface area (TPSA) is 59.3 Å². The monoisotopic (exact) mass is 297 g/mol. The molecule has 4 nitrogen and oxygen atoms in total. The predicted octanol–water partition coefficient (Wildman–Crippen LogP) is 2.77. The number of carbonyl (C=O) groups is 1. The molecule has 0 N–H and O–H groups in total. The van der Waals surface area contributed by atoms with Crippen molar-refractivity contribution in [1.82, 2.24) is 0 Å². The van der Waals surface area contributed by atoms with E-state index in [4.69, 9.17) is 14.7 Å². The summed E-state index contributed by atoms with van der Waals surface area (Å²) in [6.45, 7) is 5.02. The first kappa shape index (κ1) is 19.0. The molecule has 0 aromatic heterocycles. The van der Waals surface area contributed by atoms with Crippen LogP contribution in [-0.4, -0.2) is 36.8 Å². The molecule has 0 bridgehead atoms. The Morgan fingerprint density at radius 3 is 2.45 bits per heavy atom. The van der Waals surface area contributed by atoms with Gasteiger partial charge in [0.1, 0.15) is 6.29 Å². The number of unbranched alkanes of at least 4 members (excludes halogenated alkanes) is 2. The molecule has 0 amide bonds. The second-order valence-electron chi connectivity index (χ2n) is 3.92. The van der Waals surface area contributed by atoms with Gasteiger partial charge in [0, 0.05) is 38.2 Å². The van der Waals surface area contributed by atoms with Crippen LogP contribution in [0, 0.1) is 23.2 Å². The van der Waals surface area contributed by atoms with Crippen molar-refractivity contribution < 1.29 is 14.3 Å². The highest BCUT2D eigenvalue weighted by atomic mass is 32.2. The molecule has 0 aromatic carbocycles. The smallest absolute Gasteiger partial charge is 0.166 e. The Balaban J connectivity index is 3.95. The molecule has 0 radical (unpaired) electrons. The van der Waals surface area contributed by atoms with Gasteiger partial charge in [-0.2, -0.15) is 5.26 Å². The van der Waals surface area contributed by atoms with Crippen molar-refractivity contribution in [3.63, 3.8) is 0 Å². The van der Waals surface area contributed by atoms with Crippen LogP contribution in [0.4, 0.5) is 0 Å². The molecule has 0 aliphatic heterocycles. The molecule has 1 atom stereocenters. The van der Waals surface area contributed by atoms with E-state index in [1.54, 1.807) is 0 Å². The van der Waals surface area contributed by atoms with Crippen LogP contribution < -0.4 is 0 Å². The van der Waals surface area contributed by atoms with Crippen molar-refractivity contribution in [3.05, 3.63) is 0 Å². The van der Waals surface area contributed by atoms with E-state index in [0.717, 1.165) is 12.7 Å². The van der Waals surface area contributed by atoms with Crippen LogP contribution >= 0.6 is 11.8 Å². The quantitative estimate of drug-likeness (QED) is 0.254. The average molecular weight is 297 g/mol. The van der Waals surface area contributed by atoms with Gasteiger partial charge in [0.2, 0.25) is 0 Å². The third kappa shape index (κ3) is 10.9. The van der Waals surface area contributed by atoms with Gasteiger partial charge < -0.3 is 14.3 Å². The van der Waals surface area contributed by atoms with Crippen LogP contribution in [0.3, 0.4) is 0 Å². The molecule has 1 unspecified atom stereocenters. The maximum absolute atomic E-state index is 11.0. The lowest BCUT2D eigenvalue weighted by Crippen LogP contribution is -2.22. The van der Waals surface area contributed by atoms with Crippen LogP contribution in [0.25, 0.3) is 0 Å². The fourth-order valence-electron chi connectivity index (χ4n) is 1.38. The highest BCUT2D eigenvalue weighted by molar-refractivity contribution is 8.00. The van der Waals surface area contributed by atoms with Gasteiger partial charge in [-0.15, -0.1) is 23.6 Å². The molecular weight excluding hydrogens is 274 g/mol. The summed E-state index contributed by atoms with van der Waals surface area (Å²) in [5.74, 6) is 6.60. The molecule has 20 heavy (non-hydrogen) atoms. The minimum Gasteiger partial charge on any atom is -0.352 e. The second kappa shape index (κ2) is 14.4. The number of aldehydes is 1. The largest absolute Gasteiger partial charge is 0.352 e. The van der Waals surface area contributed by atoms with Crippen molar-refractivity contribution in [2.75, 3.05) is 19.0 Å². The molecule has 0 saturated heterocycles. The summed E-state index contributed by atoms with van der Waals surface area (Å²) < 4.78 is 10.8. The lowest BCUT2D eigenvalue weighted by Gasteiger charge is -2.17. The van der Waals surface area contributed by atoms with Gasteiger partial charge in [-0.05, 0) is 20.3 Å². The number of thioether (sulfide) groups is 1. The van der Waals surface area contributed by atoms with Gasteiger partial charge in [-0.25, -0.2) is 0 Å². The number of carbonyl (C=O) groups excluding carboxylic acids is 1. The van der Waals surface area contributed by atoms with E-state index in [-0.39, 0.29) is 11.5 Å². The Kier molecular flexibility index (Phi) is 13.7. The van der Waals surface area contributed by atoms with E-state index in [9.17, 15) is 4.79 Å². The number of ether oxygens (including phenoxy) is 2. The number of hydrogen-bond acceptors (Lipinski definition) is 5. The number of rotatable bonds is 11. The third-order valence-electron chi connectivity index (χ3n) is 2.32. The van der Waals surface area contributed by atoms with Crippen LogP contribution in [0.15, 0.2) is 0 Å². The van der Waals surface area contributed by atoms with E-state index in [2.05, 4.69) is 17.9 Å². The summed E-state index contributed by atoms with van der Waals surface area (Å²) in [6, 6.07) is 2.08. The van der Waals surface area contributed by atoms with Crippen molar-refractivity contribution in [2.45, 2.75) is 51.1 Å². The minimum atomic E-state index is -0.263. The zero-order chi connectivity index (χ0) is 15.1. The lowest BCUT2D eigenvalue weighted by atomic mass is 10.2. The molecule has 0 heterocycles. The highest BCUT2D eigenvalue weighted by Crippen LogP contribution is 2.15. The Morgan fingerprint density at radius 1 is 1.20 bits per heavy atom. The SMILES string of the molecule is CCOC(CSC(C=O)CC#CCCCC#N)OCC. The maximum atomic E-state index is 11.0. The van der Waals surface area contributed by atoms with Crippen LogP contribution in [0.1, 0.15) is 39.5 Å². The molecule has 112 valence electrons. The van der Waals surface area contributed by atoms with Crippen LogP contribution in [-0.2, 0) is 14.3 Å². The Hall–Kier alpha value is -1.01. The zero-order valence-electron chi connectivity index (χ0n) is 12.3. The van der Waals surface area contributed by atoms with Gasteiger partial charge >= 0.3 is 0 Å². The molecule has 0 aromatic rings. The normalized spacial score (nSPS) is 11.5. The molecule has 0 saturated carbocycles. The van der Waals surface area contributed by atoms with Crippen molar-refractivity contribution in [2.24, 2.45) is 0 Å². The van der Waals surface area contributed by atoms with Crippen LogP contribution in [0.5, 0.6) is 0 Å². The molecule has 0 aliphatic rings. The minimum absolute atomic E-state index is 0.151. The third-order valence-corrected chi connectivity index (χ3v) is 3.49. The Bertz CT molecular complexity index is 337. The van der Waals surface area contributed by atoms with E-state index >= 15 is 0 Å². The van der Waals surface area contributed by atoms with E-state index in [1.165, 1.54) is 11.8 Å². The van der Waals surface area contributed by atoms with Gasteiger partial charge in [0.15, 0.2) is 6.29 Å². The molecule has 0 spiro atoms. The van der Waals surface area contributed by atoms with Crippen molar-refractivity contribution >= 4 is 18.0 Å². The summed E-state index contributed by atoms with van der Waals surface area (Å²) in [7, 11) is 0. The van der Waals surface area contributed by atoms with Gasteiger partial charge in [-0.3, -0.25) is 0 Å². The van der Waals surface area contributed by atoms with E-state index in [0.29, 0.717) is 38.2 Å². The fraction of sp³-hybridized carbons (Fsp3) is 0.733. The first-order valence-electron chi connectivity index (χ1n) is 6.91. The number of nitriles is 1. The Morgan fingerprint density at radius 2 is 1.90 bits per heavy atom. The Labute approximate surface area is 126 Å². The number of nitrogens with zero attached hydrogens (tertiary/aromatic N) is 1. The zero-order valence-corrected chi connectivity index (χ0v) is 13.1. The van der Waals surface area contributed by atoms with Crippen molar-refractivity contribution in [1.29, 1.82) is 5.26 Å². The second-order valence-corrected chi connectivity index (χ2v) is 5.19. The standard InChI is InChI=1S/C15H23NO3S/c1-3-18-15(19-4-2)13-20-14(12-17)10-8-6-5-7-9-11-16/h12,14-15H,3-5,7,9-10,13H2,1-2H3. The first-order valence-corrected chi connectivity index (χ1v) is 7.96. The van der Waals surface area contributed by atoms with Gasteiger partial charge in [0.25, 0.3) is 0 Å². The van der Waals surface area contributed by atoms with E-state index in [1.807, 2.05) is 13.8 Å². The van der Waals surface area contributed by atoms with Crippen LogP contribution in [0.2, 0.25) is 0 Å². The molecule has 5 heteroatoms. The van der Waals surface area contributed by atoms with Gasteiger partial charge in [0.05, 0.1) is 11.3 Å². The maximum Gasteiger partial charge on any atom is 0.166 e. The molecule has 0 aliphatic carbocycles. The summed E-state index contributed by atoms with van der Waals surface area (Å²) >= 11 is 1.50. The highest BCUT2D eigenvalue weighted by Gasteiger charge is 2.13. The molecule has 0 rings (SSSR count). The summed E-state index contributed by atoms with van der Waals surface area (Å²) in [6.07, 6.45) is 3.23. The van der Waals surface area contributed by atoms with E-state index < -0.39 is 0 Å². The summed E-state index contributed by atoms with van der Waals surface area (Å²) in [5.41, 5.74) is 0. The summed E-state index contributed by atoms with van der Waals surface area (Å²) in [5, 5.41) is 8.24. The van der Waals surface area contributed by atoms with Crippen molar-refractivity contribution in [3.8, 4) is 17.9 Å². The summed E-state index contributed by atoms with van der Waals surface area (Å²) in [4.78, 5) is 11.0. The number of hydrogen-bond donors (Lipinski definition) is 0. The average Bonchev–Trinajstić information content (AvgIpc) is 2.46. The lowest BCUT2D eigenvalue weighted by molar-refractivity contribution is -0.120. The fourth-order valence-corrected chi connectivity index (χ4v) is 2.26. The molecular formula is C15H23NO3S.